The van der Waals surface area contributed by atoms with E-state index in [1.807, 2.05) is 38.1 Å². The molecule has 1 aliphatic heterocycles. The maximum Gasteiger partial charge on any atom is 0.409 e. The second-order valence-corrected chi connectivity index (χ2v) is 5.78. The van der Waals surface area contributed by atoms with Crippen LogP contribution in [-0.4, -0.2) is 41.8 Å². The first-order valence-corrected chi connectivity index (χ1v) is 8.05. The Kier molecular flexibility index (Phi) is 6.00. The van der Waals surface area contributed by atoms with Crippen LogP contribution >= 0.6 is 12.2 Å². The SMILES string of the molecule is CCOC(=O)N1CCC(NC(=S)Nc2ccccc2C)CC1. The Morgan fingerprint density at radius 3 is 2.68 bits per heavy atom. The summed E-state index contributed by atoms with van der Waals surface area (Å²) in [4.78, 5) is 13.4. The molecule has 0 aromatic heterocycles. The van der Waals surface area contributed by atoms with Crippen LogP contribution in [0.3, 0.4) is 0 Å². The number of benzene rings is 1. The van der Waals surface area contributed by atoms with Gasteiger partial charge in [-0.2, -0.15) is 0 Å². The smallest absolute Gasteiger partial charge is 0.409 e. The quantitative estimate of drug-likeness (QED) is 0.839. The fourth-order valence-electron chi connectivity index (χ4n) is 2.48. The molecule has 2 rings (SSSR count). The van der Waals surface area contributed by atoms with Crippen LogP contribution in [0.1, 0.15) is 25.3 Å². The van der Waals surface area contributed by atoms with Gasteiger partial charge in [-0.25, -0.2) is 4.79 Å². The van der Waals surface area contributed by atoms with Gasteiger partial charge in [0.2, 0.25) is 0 Å². The molecule has 1 aliphatic rings. The molecule has 1 fully saturated rings. The monoisotopic (exact) mass is 321 g/mol. The van der Waals surface area contributed by atoms with Crippen LogP contribution < -0.4 is 10.6 Å². The average Bonchev–Trinajstić information content (AvgIpc) is 2.50. The van der Waals surface area contributed by atoms with Crippen molar-refractivity contribution < 1.29 is 9.53 Å². The number of hydrogen-bond donors (Lipinski definition) is 2. The first-order valence-electron chi connectivity index (χ1n) is 7.65. The Morgan fingerprint density at radius 2 is 2.05 bits per heavy atom. The van der Waals surface area contributed by atoms with E-state index in [1.54, 1.807) is 4.90 Å². The molecule has 0 aliphatic carbocycles. The van der Waals surface area contributed by atoms with Crippen molar-refractivity contribution in [2.24, 2.45) is 0 Å². The Hall–Kier alpha value is -1.82. The number of ether oxygens (including phenoxy) is 1. The number of hydrogen-bond acceptors (Lipinski definition) is 3. The number of carbonyl (C=O) groups is 1. The van der Waals surface area contributed by atoms with Crippen molar-refractivity contribution in [2.45, 2.75) is 32.7 Å². The number of aryl methyl sites for hydroxylation is 1. The molecular weight excluding hydrogens is 298 g/mol. The summed E-state index contributed by atoms with van der Waals surface area (Å²) in [5, 5.41) is 7.18. The third kappa shape index (κ3) is 4.59. The molecule has 2 N–H and O–H groups in total. The normalized spacial score (nSPS) is 15.3. The lowest BCUT2D eigenvalue weighted by molar-refractivity contribution is 0.0964. The van der Waals surface area contributed by atoms with Crippen LogP contribution in [0.4, 0.5) is 10.5 Å². The molecule has 0 radical (unpaired) electrons. The van der Waals surface area contributed by atoms with Crippen LogP contribution in [0.15, 0.2) is 24.3 Å². The lowest BCUT2D eigenvalue weighted by Gasteiger charge is -2.32. The van der Waals surface area contributed by atoms with Gasteiger partial charge in [-0.1, -0.05) is 18.2 Å². The van der Waals surface area contributed by atoms with E-state index >= 15 is 0 Å². The summed E-state index contributed by atoms with van der Waals surface area (Å²) in [6, 6.07) is 8.32. The molecule has 0 spiro atoms. The Morgan fingerprint density at radius 1 is 1.36 bits per heavy atom. The third-order valence-electron chi connectivity index (χ3n) is 3.75. The summed E-state index contributed by atoms with van der Waals surface area (Å²) in [6.07, 6.45) is 1.52. The van der Waals surface area contributed by atoms with Crippen molar-refractivity contribution in [3.63, 3.8) is 0 Å². The van der Waals surface area contributed by atoms with Gasteiger partial charge in [0, 0.05) is 24.8 Å². The highest BCUT2D eigenvalue weighted by Gasteiger charge is 2.23. The molecule has 6 heteroatoms. The van der Waals surface area contributed by atoms with Crippen molar-refractivity contribution in [3.05, 3.63) is 29.8 Å². The number of likely N-dealkylation sites (tertiary alicyclic amines) is 1. The van der Waals surface area contributed by atoms with E-state index < -0.39 is 0 Å². The van der Waals surface area contributed by atoms with Crippen LogP contribution in [0.5, 0.6) is 0 Å². The van der Waals surface area contributed by atoms with E-state index in [9.17, 15) is 4.79 Å². The highest BCUT2D eigenvalue weighted by atomic mass is 32.1. The molecule has 0 unspecified atom stereocenters. The van der Waals surface area contributed by atoms with Gasteiger partial charge in [-0.3, -0.25) is 0 Å². The molecule has 1 amide bonds. The highest BCUT2D eigenvalue weighted by Crippen LogP contribution is 2.14. The molecule has 1 heterocycles. The van der Waals surface area contributed by atoms with Crippen LogP contribution in [0.25, 0.3) is 0 Å². The maximum absolute atomic E-state index is 11.7. The number of nitrogens with one attached hydrogen (secondary N) is 2. The Bertz CT molecular complexity index is 528. The van der Waals surface area contributed by atoms with Gasteiger partial charge in [0.15, 0.2) is 5.11 Å². The van der Waals surface area contributed by atoms with Gasteiger partial charge in [0.1, 0.15) is 0 Å². The number of rotatable bonds is 3. The van der Waals surface area contributed by atoms with Crippen molar-refractivity contribution >= 4 is 29.1 Å². The number of para-hydroxylation sites is 1. The molecule has 1 aromatic carbocycles. The second kappa shape index (κ2) is 7.98. The van der Waals surface area contributed by atoms with E-state index in [-0.39, 0.29) is 12.1 Å². The molecule has 5 nitrogen and oxygen atoms in total. The van der Waals surface area contributed by atoms with Gasteiger partial charge in [0.05, 0.1) is 6.61 Å². The maximum atomic E-state index is 11.7. The zero-order valence-electron chi connectivity index (χ0n) is 13.1. The molecule has 0 bridgehead atoms. The minimum atomic E-state index is -0.221. The zero-order valence-corrected chi connectivity index (χ0v) is 13.9. The molecule has 22 heavy (non-hydrogen) atoms. The largest absolute Gasteiger partial charge is 0.450 e. The predicted octanol–water partition coefficient (Wildman–Crippen LogP) is 2.90. The predicted molar refractivity (Wildman–Crippen MR) is 92.2 cm³/mol. The van der Waals surface area contributed by atoms with Crippen molar-refractivity contribution in [2.75, 3.05) is 25.0 Å². The van der Waals surface area contributed by atoms with Gasteiger partial charge in [0.25, 0.3) is 0 Å². The number of anilines is 1. The summed E-state index contributed by atoms with van der Waals surface area (Å²) in [6.45, 7) is 5.68. The summed E-state index contributed by atoms with van der Waals surface area (Å²) < 4.78 is 5.02. The van der Waals surface area contributed by atoms with E-state index in [0.29, 0.717) is 24.8 Å². The first kappa shape index (κ1) is 16.5. The minimum absolute atomic E-state index is 0.221. The lowest BCUT2D eigenvalue weighted by Crippen LogP contribution is -2.47. The zero-order chi connectivity index (χ0) is 15.9. The number of thiocarbonyl (C=S) groups is 1. The van der Waals surface area contributed by atoms with E-state index in [4.69, 9.17) is 17.0 Å². The number of piperidine rings is 1. The molecular formula is C16H23N3O2S. The topological polar surface area (TPSA) is 53.6 Å². The van der Waals surface area contributed by atoms with Crippen molar-refractivity contribution in [3.8, 4) is 0 Å². The molecule has 1 aromatic rings. The van der Waals surface area contributed by atoms with Crippen LogP contribution in [0.2, 0.25) is 0 Å². The number of carbonyl (C=O) groups excluding carboxylic acids is 1. The summed E-state index contributed by atoms with van der Waals surface area (Å²) in [5.41, 5.74) is 2.17. The molecule has 0 atom stereocenters. The molecule has 1 saturated heterocycles. The van der Waals surface area contributed by atoms with E-state index in [1.165, 1.54) is 0 Å². The van der Waals surface area contributed by atoms with Crippen LogP contribution in [-0.2, 0) is 4.74 Å². The van der Waals surface area contributed by atoms with Crippen molar-refractivity contribution in [1.29, 1.82) is 0 Å². The third-order valence-corrected chi connectivity index (χ3v) is 3.97. The second-order valence-electron chi connectivity index (χ2n) is 5.37. The summed E-state index contributed by atoms with van der Waals surface area (Å²) in [5.74, 6) is 0. The Balaban J connectivity index is 1.77. The van der Waals surface area contributed by atoms with E-state index in [0.717, 1.165) is 24.1 Å². The van der Waals surface area contributed by atoms with Gasteiger partial charge >= 0.3 is 6.09 Å². The first-order chi connectivity index (χ1) is 10.6. The fourth-order valence-corrected chi connectivity index (χ4v) is 2.75. The standard InChI is InChI=1S/C16H23N3O2S/c1-3-21-16(20)19-10-8-13(9-11-19)17-15(22)18-14-7-5-4-6-12(14)2/h4-7,13H,3,8-11H2,1-2H3,(H2,17,18,22). The minimum Gasteiger partial charge on any atom is -0.450 e. The number of amides is 1. The van der Waals surface area contributed by atoms with Crippen LogP contribution in [0, 0.1) is 6.92 Å². The summed E-state index contributed by atoms with van der Waals surface area (Å²) in [7, 11) is 0. The van der Waals surface area contributed by atoms with Gasteiger partial charge < -0.3 is 20.3 Å². The van der Waals surface area contributed by atoms with E-state index in [2.05, 4.69) is 10.6 Å². The highest BCUT2D eigenvalue weighted by molar-refractivity contribution is 7.80. The average molecular weight is 321 g/mol. The Labute approximate surface area is 137 Å². The fraction of sp³-hybridized carbons (Fsp3) is 0.500. The van der Waals surface area contributed by atoms with Gasteiger partial charge in [-0.15, -0.1) is 0 Å². The summed E-state index contributed by atoms with van der Waals surface area (Å²) >= 11 is 5.37. The molecule has 120 valence electrons. The van der Waals surface area contributed by atoms with Crippen molar-refractivity contribution in [1.82, 2.24) is 10.2 Å². The molecule has 0 saturated carbocycles. The van der Waals surface area contributed by atoms with Gasteiger partial charge in [-0.05, 0) is 50.5 Å². The number of nitrogens with zero attached hydrogens (tertiary/aromatic N) is 1. The lowest BCUT2D eigenvalue weighted by atomic mass is 10.1.